The van der Waals surface area contributed by atoms with Gasteiger partial charge in [0.2, 0.25) is 0 Å². The van der Waals surface area contributed by atoms with Crippen molar-refractivity contribution in [2.75, 3.05) is 38.7 Å². The van der Waals surface area contributed by atoms with E-state index in [1.165, 1.54) is 11.7 Å². The number of morpholine rings is 1. The van der Waals surface area contributed by atoms with E-state index >= 15 is 0 Å². The van der Waals surface area contributed by atoms with Gasteiger partial charge in [-0.15, -0.1) is 0 Å². The molecule has 0 bridgehead atoms. The quantitative estimate of drug-likeness (QED) is 0.703. The third-order valence-electron chi connectivity index (χ3n) is 4.44. The molecule has 1 aliphatic rings. The molecule has 0 aliphatic carbocycles. The number of ether oxygens (including phenoxy) is 1. The van der Waals surface area contributed by atoms with Crippen molar-refractivity contribution in [2.45, 2.75) is 0 Å². The first-order valence-electron chi connectivity index (χ1n) is 8.70. The molecule has 0 radical (unpaired) electrons. The highest BCUT2D eigenvalue weighted by Gasteiger charge is 2.19. The van der Waals surface area contributed by atoms with E-state index < -0.39 is 0 Å². The maximum atomic E-state index is 12.6. The van der Waals surface area contributed by atoms with Gasteiger partial charge in [-0.3, -0.25) is 9.79 Å². The Balaban J connectivity index is 1.56. The highest BCUT2D eigenvalue weighted by atomic mass is 32.1. The number of hydrogen-bond donors (Lipinski definition) is 1. The highest BCUT2D eigenvalue weighted by molar-refractivity contribution is 7.00. The average Bonchev–Trinajstić information content (AvgIpc) is 3.20. The summed E-state index contributed by atoms with van der Waals surface area (Å²) in [7, 11) is 1.82. The number of aromatic nitrogens is 2. The first-order chi connectivity index (χ1) is 13.2. The normalized spacial score (nSPS) is 14.8. The van der Waals surface area contributed by atoms with Crippen molar-refractivity contribution in [1.82, 2.24) is 13.6 Å². The lowest BCUT2D eigenvalue weighted by Gasteiger charge is -2.27. The van der Waals surface area contributed by atoms with E-state index in [0.29, 0.717) is 31.9 Å². The SMILES string of the molecule is CNc1cc(C(=O)N2CCOCC2)ccc1N=Cc1ccc2nsnc2c1. The van der Waals surface area contributed by atoms with Gasteiger partial charge in [0.15, 0.2) is 0 Å². The molecule has 0 unspecified atom stereocenters. The van der Waals surface area contributed by atoms with E-state index in [9.17, 15) is 4.79 Å². The number of anilines is 1. The van der Waals surface area contributed by atoms with Crippen LogP contribution in [0.25, 0.3) is 11.0 Å². The van der Waals surface area contributed by atoms with Crippen LogP contribution < -0.4 is 5.32 Å². The zero-order valence-electron chi connectivity index (χ0n) is 14.9. The van der Waals surface area contributed by atoms with Crippen LogP contribution >= 0.6 is 11.7 Å². The zero-order chi connectivity index (χ0) is 18.6. The fraction of sp³-hybridized carbons (Fsp3) is 0.263. The maximum absolute atomic E-state index is 12.6. The monoisotopic (exact) mass is 381 g/mol. The molecule has 3 aromatic rings. The molecule has 138 valence electrons. The van der Waals surface area contributed by atoms with Crippen LogP contribution in [0, 0.1) is 0 Å². The molecule has 1 aliphatic heterocycles. The molecule has 1 fully saturated rings. The van der Waals surface area contributed by atoms with Crippen LogP contribution in [0.2, 0.25) is 0 Å². The van der Waals surface area contributed by atoms with Crippen molar-refractivity contribution < 1.29 is 9.53 Å². The van der Waals surface area contributed by atoms with Gasteiger partial charge in [0.05, 0.1) is 36.3 Å². The number of carbonyl (C=O) groups excluding carboxylic acids is 1. The average molecular weight is 381 g/mol. The van der Waals surface area contributed by atoms with Crippen LogP contribution in [0.15, 0.2) is 41.4 Å². The minimum Gasteiger partial charge on any atom is -0.386 e. The van der Waals surface area contributed by atoms with E-state index in [2.05, 4.69) is 19.1 Å². The van der Waals surface area contributed by atoms with Crippen LogP contribution in [0.3, 0.4) is 0 Å². The van der Waals surface area contributed by atoms with E-state index in [1.54, 1.807) is 6.21 Å². The van der Waals surface area contributed by atoms with Gasteiger partial charge in [-0.25, -0.2) is 0 Å². The van der Waals surface area contributed by atoms with Gasteiger partial charge in [-0.2, -0.15) is 8.75 Å². The van der Waals surface area contributed by atoms with Crippen molar-refractivity contribution in [3.05, 3.63) is 47.5 Å². The standard InChI is InChI=1S/C19H19N5O2S/c1-20-17-11-14(19(25)24-6-8-26-9-7-24)3-5-15(17)21-12-13-2-4-16-18(10-13)23-27-22-16/h2-5,10-12,20H,6-9H2,1H3. The molecular weight excluding hydrogens is 362 g/mol. The van der Waals surface area contributed by atoms with Crippen molar-refractivity contribution >= 4 is 46.3 Å². The molecule has 1 amide bonds. The molecule has 4 rings (SSSR count). The minimum absolute atomic E-state index is 0.0202. The first-order valence-corrected chi connectivity index (χ1v) is 9.43. The predicted octanol–water partition coefficient (Wildman–Crippen LogP) is 2.96. The van der Waals surface area contributed by atoms with Gasteiger partial charge in [-0.05, 0) is 35.9 Å². The largest absolute Gasteiger partial charge is 0.386 e. The Labute approximate surface area is 161 Å². The first kappa shape index (κ1) is 17.6. The Morgan fingerprint density at radius 1 is 1.19 bits per heavy atom. The van der Waals surface area contributed by atoms with Crippen LogP contribution in [0.4, 0.5) is 11.4 Å². The fourth-order valence-corrected chi connectivity index (χ4v) is 3.47. The summed E-state index contributed by atoms with van der Waals surface area (Å²) in [6.07, 6.45) is 1.79. The van der Waals surface area contributed by atoms with Gasteiger partial charge in [-0.1, -0.05) is 6.07 Å². The summed E-state index contributed by atoms with van der Waals surface area (Å²) >= 11 is 1.20. The van der Waals surface area contributed by atoms with Gasteiger partial charge in [0.25, 0.3) is 5.91 Å². The number of amides is 1. The second-order valence-corrected chi connectivity index (χ2v) is 6.69. The smallest absolute Gasteiger partial charge is 0.254 e. The molecule has 1 N–H and O–H groups in total. The minimum atomic E-state index is 0.0202. The number of carbonyl (C=O) groups is 1. The Bertz CT molecular complexity index is 995. The third kappa shape index (κ3) is 3.81. The Kier molecular flexibility index (Phi) is 5.08. The summed E-state index contributed by atoms with van der Waals surface area (Å²) in [6.45, 7) is 2.43. The second-order valence-electron chi connectivity index (χ2n) is 6.16. The molecule has 1 saturated heterocycles. The van der Waals surface area contributed by atoms with E-state index in [0.717, 1.165) is 28.0 Å². The highest BCUT2D eigenvalue weighted by Crippen LogP contribution is 2.27. The summed E-state index contributed by atoms with van der Waals surface area (Å²) in [5.41, 5.74) is 4.93. The Hall–Kier alpha value is -2.84. The Morgan fingerprint density at radius 2 is 2.00 bits per heavy atom. The molecule has 7 nitrogen and oxygen atoms in total. The van der Waals surface area contributed by atoms with Crippen molar-refractivity contribution in [3.63, 3.8) is 0 Å². The number of aliphatic imine (C=N–C) groups is 1. The number of rotatable bonds is 4. The van der Waals surface area contributed by atoms with Crippen LogP contribution in [0.5, 0.6) is 0 Å². The van der Waals surface area contributed by atoms with Gasteiger partial charge < -0.3 is 15.0 Å². The summed E-state index contributed by atoms with van der Waals surface area (Å²) < 4.78 is 13.8. The molecule has 27 heavy (non-hydrogen) atoms. The fourth-order valence-electron chi connectivity index (χ4n) is 2.95. The van der Waals surface area contributed by atoms with E-state index in [1.807, 2.05) is 48.3 Å². The molecule has 1 aromatic heterocycles. The number of nitrogens with one attached hydrogen (secondary N) is 1. The number of nitrogens with zero attached hydrogens (tertiary/aromatic N) is 4. The van der Waals surface area contributed by atoms with Gasteiger partial charge in [0, 0.05) is 31.9 Å². The number of benzene rings is 2. The lowest BCUT2D eigenvalue weighted by atomic mass is 10.1. The maximum Gasteiger partial charge on any atom is 0.254 e. The van der Waals surface area contributed by atoms with Gasteiger partial charge >= 0.3 is 0 Å². The second kappa shape index (κ2) is 7.81. The lowest BCUT2D eigenvalue weighted by Crippen LogP contribution is -2.40. The molecule has 0 atom stereocenters. The molecule has 0 saturated carbocycles. The van der Waals surface area contributed by atoms with Crippen LogP contribution in [-0.4, -0.2) is 59.1 Å². The molecule has 8 heteroatoms. The van der Waals surface area contributed by atoms with Crippen molar-refractivity contribution in [1.29, 1.82) is 0 Å². The molecule has 2 aromatic carbocycles. The Morgan fingerprint density at radius 3 is 2.81 bits per heavy atom. The third-order valence-corrected chi connectivity index (χ3v) is 5.00. The topological polar surface area (TPSA) is 79.7 Å². The summed E-state index contributed by atoms with van der Waals surface area (Å²) in [5, 5.41) is 3.13. The zero-order valence-corrected chi connectivity index (χ0v) is 15.7. The predicted molar refractivity (Wildman–Crippen MR) is 107 cm³/mol. The summed E-state index contributed by atoms with van der Waals surface area (Å²) in [4.78, 5) is 19.0. The molecular formula is C19H19N5O2S. The van der Waals surface area contributed by atoms with E-state index in [4.69, 9.17) is 4.74 Å². The van der Waals surface area contributed by atoms with Crippen LogP contribution in [0.1, 0.15) is 15.9 Å². The number of hydrogen-bond acceptors (Lipinski definition) is 7. The molecule has 0 spiro atoms. The molecule has 2 heterocycles. The van der Waals surface area contributed by atoms with Gasteiger partial charge in [0.1, 0.15) is 11.0 Å². The number of fused-ring (bicyclic) bond motifs is 1. The van der Waals surface area contributed by atoms with E-state index in [-0.39, 0.29) is 5.91 Å². The summed E-state index contributed by atoms with van der Waals surface area (Å²) in [6, 6.07) is 11.4. The van der Waals surface area contributed by atoms with Crippen LogP contribution in [-0.2, 0) is 4.74 Å². The lowest BCUT2D eigenvalue weighted by molar-refractivity contribution is 0.0303. The van der Waals surface area contributed by atoms with Crippen molar-refractivity contribution in [2.24, 2.45) is 4.99 Å². The van der Waals surface area contributed by atoms with Crippen molar-refractivity contribution in [3.8, 4) is 0 Å². The summed E-state index contributed by atoms with van der Waals surface area (Å²) in [5.74, 6) is 0.0202.